The van der Waals surface area contributed by atoms with Crippen molar-refractivity contribution in [2.24, 2.45) is 23.7 Å². The van der Waals surface area contributed by atoms with Crippen LogP contribution in [0, 0.1) is 30.6 Å². The number of benzene rings is 2. The molecule has 1 saturated heterocycles. The van der Waals surface area contributed by atoms with Crippen LogP contribution in [0.4, 0.5) is 5.69 Å². The number of imide groups is 1. The number of hydrogen-bond donors (Lipinski definition) is 0. The summed E-state index contributed by atoms with van der Waals surface area (Å²) in [5, 5.41) is 0. The lowest BCUT2D eigenvalue weighted by molar-refractivity contribution is -0.123. The summed E-state index contributed by atoms with van der Waals surface area (Å²) in [5.41, 5.74) is 2.92. The van der Waals surface area contributed by atoms with E-state index in [4.69, 9.17) is 4.74 Å². The van der Waals surface area contributed by atoms with E-state index in [9.17, 15) is 9.59 Å². The van der Waals surface area contributed by atoms with Crippen molar-refractivity contribution >= 4 is 49.4 Å². The first-order valence-corrected chi connectivity index (χ1v) is 12.7. The zero-order chi connectivity index (χ0) is 22.0. The number of anilines is 1. The fraction of sp³-hybridized carbons (Fsp3) is 0.440. The van der Waals surface area contributed by atoms with E-state index >= 15 is 0 Å². The Hall–Kier alpha value is -1.66. The number of ether oxygens (including phenoxy) is 1. The Kier molecular flexibility index (Phi) is 5.29. The second-order valence-corrected chi connectivity index (χ2v) is 11.4. The van der Waals surface area contributed by atoms with Crippen molar-refractivity contribution in [1.29, 1.82) is 0 Å². The minimum atomic E-state index is -0.201. The Balaban J connectivity index is 1.39. The van der Waals surface area contributed by atoms with Gasteiger partial charge in [0.25, 0.3) is 0 Å². The van der Waals surface area contributed by atoms with Crippen LogP contribution in [0.5, 0.6) is 11.5 Å². The van der Waals surface area contributed by atoms with Crippen molar-refractivity contribution in [3.63, 3.8) is 0 Å². The highest BCUT2D eigenvalue weighted by Crippen LogP contribution is 2.60. The van der Waals surface area contributed by atoms with Crippen LogP contribution in [0.25, 0.3) is 0 Å². The number of nitrogens with zero attached hydrogens (tertiary/aromatic N) is 1. The molecular weight excluding hydrogens is 522 g/mol. The number of alkyl halides is 2. The molecule has 0 unspecified atom stereocenters. The molecule has 31 heavy (non-hydrogen) atoms. The van der Waals surface area contributed by atoms with Gasteiger partial charge < -0.3 is 4.74 Å². The van der Waals surface area contributed by atoms with Gasteiger partial charge in [0.15, 0.2) is 0 Å². The van der Waals surface area contributed by atoms with E-state index in [1.165, 1.54) is 4.90 Å². The van der Waals surface area contributed by atoms with Crippen LogP contribution in [0.2, 0.25) is 0 Å². The van der Waals surface area contributed by atoms with Crippen molar-refractivity contribution in [1.82, 2.24) is 0 Å². The molecule has 162 valence electrons. The van der Waals surface area contributed by atoms with E-state index in [0.717, 1.165) is 23.3 Å². The first-order valence-electron chi connectivity index (χ1n) is 10.8. The molecule has 0 aromatic heterocycles. The molecule has 3 fully saturated rings. The van der Waals surface area contributed by atoms with Gasteiger partial charge in [0.2, 0.25) is 11.8 Å². The molecule has 1 aliphatic heterocycles. The van der Waals surface area contributed by atoms with Gasteiger partial charge in [-0.2, -0.15) is 0 Å². The molecule has 4 nitrogen and oxygen atoms in total. The molecule has 0 N–H and O–H groups in total. The molecule has 2 aromatic carbocycles. The Morgan fingerprint density at radius 2 is 1.52 bits per heavy atom. The molecule has 0 spiro atoms. The fourth-order valence-corrected chi connectivity index (χ4v) is 7.47. The molecule has 2 amide bonds. The third-order valence-corrected chi connectivity index (χ3v) is 10.3. The third-order valence-electron chi connectivity index (χ3n) is 7.10. The monoisotopic (exact) mass is 545 g/mol. The van der Waals surface area contributed by atoms with Crippen LogP contribution >= 0.6 is 31.9 Å². The minimum Gasteiger partial charge on any atom is -0.457 e. The second kappa shape index (κ2) is 7.73. The van der Waals surface area contributed by atoms with E-state index in [-0.39, 0.29) is 45.1 Å². The lowest BCUT2D eigenvalue weighted by Crippen LogP contribution is -2.37. The van der Waals surface area contributed by atoms with Crippen LogP contribution in [0.1, 0.15) is 37.3 Å². The van der Waals surface area contributed by atoms with Gasteiger partial charge in [-0.3, -0.25) is 14.5 Å². The van der Waals surface area contributed by atoms with Crippen LogP contribution in [-0.4, -0.2) is 21.5 Å². The summed E-state index contributed by atoms with van der Waals surface area (Å²) in [6, 6.07) is 13.5. The molecule has 2 aromatic rings. The van der Waals surface area contributed by atoms with Gasteiger partial charge in [0, 0.05) is 9.65 Å². The molecule has 2 saturated carbocycles. The fourth-order valence-electron chi connectivity index (χ4n) is 5.60. The second-order valence-electron chi connectivity index (χ2n) is 9.31. The number of fused-ring (bicyclic) bond motifs is 5. The highest BCUT2D eigenvalue weighted by Gasteiger charge is 2.66. The molecule has 6 heteroatoms. The lowest BCUT2D eigenvalue weighted by atomic mass is 9.81. The number of halogens is 2. The van der Waals surface area contributed by atoms with E-state index in [2.05, 4.69) is 57.8 Å². The van der Waals surface area contributed by atoms with Crippen molar-refractivity contribution < 1.29 is 14.3 Å². The van der Waals surface area contributed by atoms with E-state index in [1.807, 2.05) is 37.3 Å². The Morgan fingerprint density at radius 1 is 0.935 bits per heavy atom. The maximum Gasteiger partial charge on any atom is 0.238 e. The number of amides is 2. The van der Waals surface area contributed by atoms with Gasteiger partial charge in [0.05, 0.1) is 17.5 Å². The zero-order valence-corrected chi connectivity index (χ0v) is 20.9. The minimum absolute atomic E-state index is 0.0548. The topological polar surface area (TPSA) is 46.6 Å². The molecule has 5 rings (SSSR count). The average Bonchev–Trinajstić information content (AvgIpc) is 3.33. The first kappa shape index (κ1) is 21.2. The van der Waals surface area contributed by atoms with E-state index in [0.29, 0.717) is 17.4 Å². The normalized spacial score (nSPS) is 31.6. The summed E-state index contributed by atoms with van der Waals surface area (Å²) < 4.78 is 6.17. The van der Waals surface area contributed by atoms with E-state index < -0.39 is 0 Å². The van der Waals surface area contributed by atoms with Gasteiger partial charge in [-0.1, -0.05) is 57.8 Å². The van der Waals surface area contributed by atoms with Crippen LogP contribution in [0.15, 0.2) is 42.5 Å². The van der Waals surface area contributed by atoms with Crippen LogP contribution < -0.4 is 9.64 Å². The molecule has 2 bridgehead atoms. The standard InChI is InChI=1S/C25H25Br2NO3/c1-12(2)16-9-4-13(3)10-19(16)31-15-7-5-14(6-8-15)28-24(29)20-17-11-18(21(20)25(28)30)23(27)22(17)26/h4-10,12,17-18,20-23H,11H2,1-3H3/t17-,18-,20-,21-,22-,23+/m0/s1. The highest BCUT2D eigenvalue weighted by molar-refractivity contribution is 9.12. The van der Waals surface area contributed by atoms with Gasteiger partial charge in [-0.05, 0) is 72.6 Å². The van der Waals surface area contributed by atoms with E-state index in [1.54, 1.807) is 0 Å². The van der Waals surface area contributed by atoms with Crippen LogP contribution in [-0.2, 0) is 9.59 Å². The third kappa shape index (κ3) is 3.29. The predicted molar refractivity (Wildman–Crippen MR) is 128 cm³/mol. The van der Waals surface area contributed by atoms with Crippen molar-refractivity contribution in [3.05, 3.63) is 53.6 Å². The van der Waals surface area contributed by atoms with Gasteiger partial charge in [-0.25, -0.2) is 0 Å². The predicted octanol–water partition coefficient (Wildman–Crippen LogP) is 6.19. The van der Waals surface area contributed by atoms with Crippen molar-refractivity contribution in [2.45, 2.75) is 42.8 Å². The summed E-state index contributed by atoms with van der Waals surface area (Å²) in [6.45, 7) is 6.33. The number of carbonyl (C=O) groups excluding carboxylic acids is 2. The zero-order valence-electron chi connectivity index (χ0n) is 17.7. The lowest BCUT2D eigenvalue weighted by Gasteiger charge is -2.28. The summed E-state index contributed by atoms with van der Waals surface area (Å²) >= 11 is 7.47. The summed E-state index contributed by atoms with van der Waals surface area (Å²) in [7, 11) is 0. The number of aryl methyl sites for hydroxylation is 1. The molecule has 2 aliphatic carbocycles. The maximum atomic E-state index is 13.2. The quantitative estimate of drug-likeness (QED) is 0.339. The average molecular weight is 547 g/mol. The largest absolute Gasteiger partial charge is 0.457 e. The van der Waals surface area contributed by atoms with Gasteiger partial charge in [0.1, 0.15) is 11.5 Å². The van der Waals surface area contributed by atoms with Gasteiger partial charge in [-0.15, -0.1) is 0 Å². The Bertz CT molecular complexity index is 1020. The number of carbonyl (C=O) groups is 2. The SMILES string of the molecule is Cc1ccc(C(C)C)c(Oc2ccc(N3C(=O)[C@H]4[C@@H]5C[C@H]([C@@H](Br)[C@H]5Br)[C@@H]4C3=O)cc2)c1. The van der Waals surface area contributed by atoms with Gasteiger partial charge >= 0.3 is 0 Å². The summed E-state index contributed by atoms with van der Waals surface area (Å²) in [5.74, 6) is 1.81. The summed E-state index contributed by atoms with van der Waals surface area (Å²) in [4.78, 5) is 28.3. The number of rotatable bonds is 4. The van der Waals surface area contributed by atoms with Crippen molar-refractivity contribution in [3.8, 4) is 11.5 Å². The van der Waals surface area contributed by atoms with Crippen LogP contribution in [0.3, 0.4) is 0 Å². The van der Waals surface area contributed by atoms with Crippen molar-refractivity contribution in [2.75, 3.05) is 4.90 Å². The molecule has 6 atom stereocenters. The highest BCUT2D eigenvalue weighted by atomic mass is 79.9. The Labute approximate surface area is 199 Å². The molecular formula is C25H25Br2NO3. The smallest absolute Gasteiger partial charge is 0.238 e. The summed E-state index contributed by atoms with van der Waals surface area (Å²) in [6.07, 6.45) is 0.938. The number of hydrogen-bond acceptors (Lipinski definition) is 3. The Morgan fingerprint density at radius 3 is 2.06 bits per heavy atom. The molecule has 1 heterocycles. The maximum absolute atomic E-state index is 13.2. The molecule has 3 aliphatic rings. The first-order chi connectivity index (χ1) is 14.8. The molecule has 0 radical (unpaired) electrons.